The molecule has 0 heterocycles. The van der Waals surface area contributed by atoms with Gasteiger partial charge in [-0.2, -0.15) is 0 Å². The molecule has 17 heavy (non-hydrogen) atoms. The molecule has 0 saturated carbocycles. The summed E-state index contributed by atoms with van der Waals surface area (Å²) in [7, 11) is 6.51. The van der Waals surface area contributed by atoms with Crippen molar-refractivity contribution in [3.05, 3.63) is 33.8 Å². The number of fused-ring (bicyclic) bond motifs is 1. The van der Waals surface area contributed by atoms with Crippen molar-refractivity contribution < 1.29 is 0 Å². The Labute approximate surface area is 113 Å². The lowest BCUT2D eigenvalue weighted by atomic mass is 10.1. The summed E-state index contributed by atoms with van der Waals surface area (Å²) in [6.45, 7) is 2.26. The lowest BCUT2D eigenvalue weighted by Gasteiger charge is -2.26. The zero-order valence-electron chi connectivity index (χ0n) is 10.9. The SMILES string of the molecule is CN(C)CCN(C)[C@H]1CCc2cc(Br)ccc21. The maximum Gasteiger partial charge on any atom is 0.0351 e. The molecule has 0 N–H and O–H groups in total. The normalized spacial score (nSPS) is 19.1. The van der Waals surface area contributed by atoms with E-state index < -0.39 is 0 Å². The van der Waals surface area contributed by atoms with Crippen molar-refractivity contribution in [1.82, 2.24) is 9.80 Å². The van der Waals surface area contributed by atoms with Gasteiger partial charge in [0.05, 0.1) is 0 Å². The van der Waals surface area contributed by atoms with Crippen LogP contribution in [0.2, 0.25) is 0 Å². The van der Waals surface area contributed by atoms with Crippen molar-refractivity contribution in [2.75, 3.05) is 34.2 Å². The molecular formula is C14H21BrN2. The summed E-state index contributed by atoms with van der Waals surface area (Å²) in [6.07, 6.45) is 2.47. The third-order valence-electron chi connectivity index (χ3n) is 3.58. The monoisotopic (exact) mass is 296 g/mol. The van der Waals surface area contributed by atoms with Crippen LogP contribution in [0, 0.1) is 0 Å². The van der Waals surface area contributed by atoms with Gasteiger partial charge in [0, 0.05) is 23.6 Å². The average Bonchev–Trinajstić information content (AvgIpc) is 2.68. The van der Waals surface area contributed by atoms with Crippen LogP contribution in [0.5, 0.6) is 0 Å². The number of likely N-dealkylation sites (N-methyl/N-ethyl adjacent to an activating group) is 2. The number of hydrogen-bond donors (Lipinski definition) is 0. The molecule has 94 valence electrons. The molecule has 1 aliphatic carbocycles. The molecule has 0 aliphatic heterocycles. The second kappa shape index (κ2) is 5.51. The molecule has 0 radical (unpaired) electrons. The Morgan fingerprint density at radius 2 is 2.00 bits per heavy atom. The standard InChI is InChI=1S/C14H21BrN2/c1-16(2)8-9-17(3)14-7-4-11-10-12(15)5-6-13(11)14/h5-6,10,14H,4,7-9H2,1-3H3/t14-/m0/s1. The van der Waals surface area contributed by atoms with Crippen molar-refractivity contribution in [3.8, 4) is 0 Å². The largest absolute Gasteiger partial charge is 0.308 e. The first kappa shape index (κ1) is 13.1. The van der Waals surface area contributed by atoms with Crippen LogP contribution in [0.15, 0.2) is 22.7 Å². The van der Waals surface area contributed by atoms with Crippen LogP contribution in [0.4, 0.5) is 0 Å². The molecule has 0 saturated heterocycles. The molecule has 0 bridgehead atoms. The zero-order chi connectivity index (χ0) is 12.4. The van der Waals surface area contributed by atoms with Crippen LogP contribution < -0.4 is 0 Å². The fraction of sp³-hybridized carbons (Fsp3) is 0.571. The second-order valence-corrected chi connectivity index (χ2v) is 6.10. The lowest BCUT2D eigenvalue weighted by molar-refractivity contribution is 0.218. The van der Waals surface area contributed by atoms with Gasteiger partial charge in [0.15, 0.2) is 0 Å². The Balaban J connectivity index is 2.06. The van der Waals surface area contributed by atoms with E-state index in [1.54, 1.807) is 0 Å². The minimum atomic E-state index is 0.609. The Morgan fingerprint density at radius 1 is 1.24 bits per heavy atom. The third kappa shape index (κ3) is 3.09. The highest BCUT2D eigenvalue weighted by Gasteiger charge is 2.25. The van der Waals surface area contributed by atoms with Gasteiger partial charge in [0.1, 0.15) is 0 Å². The topological polar surface area (TPSA) is 6.48 Å². The van der Waals surface area contributed by atoms with E-state index >= 15 is 0 Å². The molecule has 3 heteroatoms. The van der Waals surface area contributed by atoms with E-state index in [1.807, 2.05) is 0 Å². The summed E-state index contributed by atoms with van der Waals surface area (Å²) in [6, 6.07) is 7.33. The van der Waals surface area contributed by atoms with Gasteiger partial charge in [0.25, 0.3) is 0 Å². The molecule has 1 aliphatic rings. The minimum Gasteiger partial charge on any atom is -0.308 e. The van der Waals surface area contributed by atoms with Gasteiger partial charge >= 0.3 is 0 Å². The number of nitrogens with zero attached hydrogens (tertiary/aromatic N) is 2. The summed E-state index contributed by atoms with van der Waals surface area (Å²) >= 11 is 3.55. The molecule has 0 aromatic heterocycles. The van der Waals surface area contributed by atoms with Gasteiger partial charge < -0.3 is 4.90 Å². The van der Waals surface area contributed by atoms with Gasteiger partial charge in [0.2, 0.25) is 0 Å². The van der Waals surface area contributed by atoms with Crippen LogP contribution in [-0.4, -0.2) is 44.0 Å². The van der Waals surface area contributed by atoms with E-state index in [-0.39, 0.29) is 0 Å². The van der Waals surface area contributed by atoms with E-state index in [4.69, 9.17) is 0 Å². The molecule has 2 rings (SSSR count). The molecule has 0 spiro atoms. The molecule has 0 amide bonds. The van der Waals surface area contributed by atoms with Crippen LogP contribution in [0.3, 0.4) is 0 Å². The van der Waals surface area contributed by atoms with E-state index in [0.29, 0.717) is 6.04 Å². The van der Waals surface area contributed by atoms with Crippen molar-refractivity contribution in [1.29, 1.82) is 0 Å². The van der Waals surface area contributed by atoms with Crippen molar-refractivity contribution in [2.45, 2.75) is 18.9 Å². The Morgan fingerprint density at radius 3 is 2.71 bits per heavy atom. The first-order valence-corrected chi connectivity index (χ1v) is 7.00. The molecule has 1 aromatic rings. The molecule has 0 fully saturated rings. The number of rotatable bonds is 4. The number of benzene rings is 1. The molecule has 1 aromatic carbocycles. The van der Waals surface area contributed by atoms with Crippen LogP contribution in [0.1, 0.15) is 23.6 Å². The second-order valence-electron chi connectivity index (χ2n) is 5.18. The smallest absolute Gasteiger partial charge is 0.0351 e. The highest BCUT2D eigenvalue weighted by atomic mass is 79.9. The summed E-state index contributed by atoms with van der Waals surface area (Å²) in [5.41, 5.74) is 3.04. The van der Waals surface area contributed by atoms with Gasteiger partial charge in [-0.3, -0.25) is 4.90 Å². The van der Waals surface area contributed by atoms with Crippen molar-refractivity contribution in [3.63, 3.8) is 0 Å². The number of aryl methyl sites for hydroxylation is 1. The Bertz CT molecular complexity index is 390. The van der Waals surface area contributed by atoms with Crippen LogP contribution in [0.25, 0.3) is 0 Å². The van der Waals surface area contributed by atoms with Gasteiger partial charge in [-0.25, -0.2) is 0 Å². The summed E-state index contributed by atoms with van der Waals surface area (Å²) in [5, 5.41) is 0. The zero-order valence-corrected chi connectivity index (χ0v) is 12.5. The van der Waals surface area contributed by atoms with Gasteiger partial charge in [-0.05, 0) is 57.2 Å². The van der Waals surface area contributed by atoms with Gasteiger partial charge in [-0.15, -0.1) is 0 Å². The van der Waals surface area contributed by atoms with Gasteiger partial charge in [-0.1, -0.05) is 22.0 Å². The Kier molecular flexibility index (Phi) is 4.23. The fourth-order valence-corrected chi connectivity index (χ4v) is 2.94. The third-order valence-corrected chi connectivity index (χ3v) is 4.08. The number of hydrogen-bond acceptors (Lipinski definition) is 2. The first-order valence-electron chi connectivity index (χ1n) is 6.21. The van der Waals surface area contributed by atoms with E-state index in [2.05, 4.69) is 65.1 Å². The first-order chi connectivity index (χ1) is 8.08. The average molecular weight is 297 g/mol. The Hall–Kier alpha value is -0.380. The molecule has 2 nitrogen and oxygen atoms in total. The highest BCUT2D eigenvalue weighted by Crippen LogP contribution is 2.36. The fourth-order valence-electron chi connectivity index (χ4n) is 2.54. The van der Waals surface area contributed by atoms with Crippen LogP contribution >= 0.6 is 15.9 Å². The molecule has 0 unspecified atom stereocenters. The summed E-state index contributed by atoms with van der Waals surface area (Å²) in [4.78, 5) is 4.73. The lowest BCUT2D eigenvalue weighted by Crippen LogP contribution is -2.31. The molecule has 1 atom stereocenters. The predicted octanol–water partition coefficient (Wildman–Crippen LogP) is 2.93. The van der Waals surface area contributed by atoms with Crippen molar-refractivity contribution >= 4 is 15.9 Å². The summed E-state index contributed by atoms with van der Waals surface area (Å²) < 4.78 is 1.20. The van der Waals surface area contributed by atoms with Crippen molar-refractivity contribution in [2.24, 2.45) is 0 Å². The predicted molar refractivity (Wildman–Crippen MR) is 76.4 cm³/mol. The van der Waals surface area contributed by atoms with E-state index in [9.17, 15) is 0 Å². The minimum absolute atomic E-state index is 0.609. The quantitative estimate of drug-likeness (QED) is 0.843. The molecular weight excluding hydrogens is 276 g/mol. The highest BCUT2D eigenvalue weighted by molar-refractivity contribution is 9.10. The van der Waals surface area contributed by atoms with E-state index in [1.165, 1.54) is 28.4 Å². The maximum absolute atomic E-state index is 3.55. The summed E-state index contributed by atoms with van der Waals surface area (Å²) in [5.74, 6) is 0. The van der Waals surface area contributed by atoms with Crippen LogP contribution in [-0.2, 0) is 6.42 Å². The maximum atomic E-state index is 3.55. The van der Waals surface area contributed by atoms with E-state index in [0.717, 1.165) is 13.1 Å². The number of halogens is 1.